The average Bonchev–Trinajstić information content (AvgIpc) is 2.37. The molecule has 0 N–H and O–H groups in total. The Hall–Kier alpha value is -1.35. The zero-order valence-electron chi connectivity index (χ0n) is 10.6. The Morgan fingerprint density at radius 3 is 2.50 bits per heavy atom. The van der Waals surface area contributed by atoms with Gasteiger partial charge in [0.15, 0.2) is 0 Å². The minimum Gasteiger partial charge on any atom is -0.487 e. The van der Waals surface area contributed by atoms with Crippen molar-refractivity contribution in [3.63, 3.8) is 0 Å². The van der Waals surface area contributed by atoms with Gasteiger partial charge in [-0.05, 0) is 39.0 Å². The van der Waals surface area contributed by atoms with Crippen molar-refractivity contribution in [2.75, 3.05) is 0 Å². The first-order valence-electron chi connectivity index (χ1n) is 5.97. The van der Waals surface area contributed by atoms with Crippen LogP contribution < -0.4 is 4.74 Å². The van der Waals surface area contributed by atoms with Crippen molar-refractivity contribution in [1.29, 1.82) is 0 Å². The van der Waals surface area contributed by atoms with Crippen molar-refractivity contribution in [3.8, 4) is 5.75 Å². The third-order valence-electron chi connectivity index (χ3n) is 2.73. The van der Waals surface area contributed by atoms with E-state index in [1.807, 2.05) is 6.07 Å². The SMILES string of the molecule is CC(C)c1ccc(COc2cncc(Br)c2)cc1. The quantitative estimate of drug-likeness (QED) is 0.827. The summed E-state index contributed by atoms with van der Waals surface area (Å²) in [6.45, 7) is 4.95. The van der Waals surface area contributed by atoms with E-state index in [1.165, 1.54) is 11.1 Å². The van der Waals surface area contributed by atoms with E-state index >= 15 is 0 Å². The molecule has 0 spiro atoms. The Labute approximate surface area is 116 Å². The zero-order valence-corrected chi connectivity index (χ0v) is 12.1. The van der Waals surface area contributed by atoms with Crippen LogP contribution in [0.5, 0.6) is 5.75 Å². The second-order valence-electron chi connectivity index (χ2n) is 4.52. The summed E-state index contributed by atoms with van der Waals surface area (Å²) in [6, 6.07) is 10.4. The highest BCUT2D eigenvalue weighted by molar-refractivity contribution is 9.10. The molecule has 0 radical (unpaired) electrons. The summed E-state index contributed by atoms with van der Waals surface area (Å²) < 4.78 is 6.61. The number of benzene rings is 1. The molecule has 0 atom stereocenters. The van der Waals surface area contributed by atoms with Gasteiger partial charge in [-0.1, -0.05) is 38.1 Å². The molecule has 18 heavy (non-hydrogen) atoms. The van der Waals surface area contributed by atoms with Crippen molar-refractivity contribution in [2.45, 2.75) is 26.4 Å². The third kappa shape index (κ3) is 3.57. The molecule has 3 heteroatoms. The van der Waals surface area contributed by atoms with Crippen LogP contribution in [0.4, 0.5) is 0 Å². The molecule has 1 aromatic carbocycles. The zero-order chi connectivity index (χ0) is 13.0. The summed E-state index contributed by atoms with van der Waals surface area (Å²) in [7, 11) is 0. The number of pyridine rings is 1. The summed E-state index contributed by atoms with van der Waals surface area (Å²) in [5, 5.41) is 0. The van der Waals surface area contributed by atoms with Gasteiger partial charge in [0.25, 0.3) is 0 Å². The van der Waals surface area contributed by atoms with Gasteiger partial charge >= 0.3 is 0 Å². The molecule has 0 fully saturated rings. The van der Waals surface area contributed by atoms with Crippen LogP contribution in [-0.4, -0.2) is 4.98 Å². The predicted octanol–water partition coefficient (Wildman–Crippen LogP) is 4.55. The lowest BCUT2D eigenvalue weighted by Gasteiger charge is -2.08. The highest BCUT2D eigenvalue weighted by Crippen LogP contribution is 2.18. The molecular weight excluding hydrogens is 290 g/mol. The number of hydrogen-bond acceptors (Lipinski definition) is 2. The minimum absolute atomic E-state index is 0.564. The van der Waals surface area contributed by atoms with Crippen molar-refractivity contribution < 1.29 is 4.74 Å². The maximum Gasteiger partial charge on any atom is 0.139 e. The van der Waals surface area contributed by atoms with Crippen molar-refractivity contribution in [3.05, 3.63) is 58.3 Å². The number of ether oxygens (including phenoxy) is 1. The standard InChI is InChI=1S/C15H16BrNO/c1-11(2)13-5-3-12(4-6-13)10-18-15-7-14(16)8-17-9-15/h3-9,11H,10H2,1-2H3. The Balaban J connectivity index is 1.98. The van der Waals surface area contributed by atoms with Gasteiger partial charge < -0.3 is 4.74 Å². The molecule has 94 valence electrons. The Morgan fingerprint density at radius 2 is 1.89 bits per heavy atom. The van der Waals surface area contributed by atoms with E-state index in [0.717, 1.165) is 10.2 Å². The maximum absolute atomic E-state index is 5.68. The van der Waals surface area contributed by atoms with Gasteiger partial charge in [-0.3, -0.25) is 4.98 Å². The van der Waals surface area contributed by atoms with E-state index in [-0.39, 0.29) is 0 Å². The summed E-state index contributed by atoms with van der Waals surface area (Å²) in [5.74, 6) is 1.34. The van der Waals surface area contributed by atoms with Crippen LogP contribution in [0.3, 0.4) is 0 Å². The van der Waals surface area contributed by atoms with Gasteiger partial charge in [0.05, 0.1) is 6.20 Å². The maximum atomic E-state index is 5.68. The lowest BCUT2D eigenvalue weighted by molar-refractivity contribution is 0.304. The molecule has 2 aromatic rings. The number of aromatic nitrogens is 1. The first-order chi connectivity index (χ1) is 8.65. The minimum atomic E-state index is 0.564. The van der Waals surface area contributed by atoms with E-state index < -0.39 is 0 Å². The lowest BCUT2D eigenvalue weighted by atomic mass is 10.0. The van der Waals surface area contributed by atoms with Gasteiger partial charge in [0.1, 0.15) is 12.4 Å². The predicted molar refractivity (Wildman–Crippen MR) is 76.8 cm³/mol. The summed E-state index contributed by atoms with van der Waals surface area (Å²) in [4.78, 5) is 4.06. The molecule has 2 rings (SSSR count). The van der Waals surface area contributed by atoms with E-state index in [1.54, 1.807) is 12.4 Å². The van der Waals surface area contributed by atoms with Gasteiger partial charge in [-0.15, -0.1) is 0 Å². The molecular formula is C15H16BrNO. The molecule has 0 saturated carbocycles. The smallest absolute Gasteiger partial charge is 0.139 e. The van der Waals surface area contributed by atoms with Gasteiger partial charge in [0.2, 0.25) is 0 Å². The molecule has 0 aliphatic heterocycles. The monoisotopic (exact) mass is 305 g/mol. The topological polar surface area (TPSA) is 22.1 Å². The average molecular weight is 306 g/mol. The molecule has 0 aliphatic rings. The molecule has 0 amide bonds. The number of hydrogen-bond donors (Lipinski definition) is 0. The largest absolute Gasteiger partial charge is 0.487 e. The molecule has 1 heterocycles. The van der Waals surface area contributed by atoms with Gasteiger partial charge in [0, 0.05) is 10.7 Å². The van der Waals surface area contributed by atoms with E-state index in [2.05, 4.69) is 59.0 Å². The fourth-order valence-corrected chi connectivity index (χ4v) is 1.98. The van der Waals surface area contributed by atoms with Gasteiger partial charge in [-0.25, -0.2) is 0 Å². The third-order valence-corrected chi connectivity index (χ3v) is 3.17. The summed E-state index contributed by atoms with van der Waals surface area (Å²) in [6.07, 6.45) is 3.46. The fraction of sp³-hybridized carbons (Fsp3) is 0.267. The first-order valence-corrected chi connectivity index (χ1v) is 6.76. The molecule has 0 saturated heterocycles. The van der Waals surface area contributed by atoms with Gasteiger partial charge in [-0.2, -0.15) is 0 Å². The van der Waals surface area contributed by atoms with E-state index in [9.17, 15) is 0 Å². The van der Waals surface area contributed by atoms with Crippen molar-refractivity contribution in [2.24, 2.45) is 0 Å². The van der Waals surface area contributed by atoms with Crippen molar-refractivity contribution >= 4 is 15.9 Å². The highest BCUT2D eigenvalue weighted by atomic mass is 79.9. The van der Waals surface area contributed by atoms with Crippen LogP contribution in [0.25, 0.3) is 0 Å². The number of halogens is 1. The molecule has 0 bridgehead atoms. The van der Waals surface area contributed by atoms with E-state index in [4.69, 9.17) is 4.74 Å². The van der Waals surface area contributed by atoms with Crippen LogP contribution in [0.1, 0.15) is 30.9 Å². The van der Waals surface area contributed by atoms with E-state index in [0.29, 0.717) is 12.5 Å². The Kier molecular flexibility index (Phi) is 4.37. The number of rotatable bonds is 4. The summed E-state index contributed by atoms with van der Waals surface area (Å²) >= 11 is 3.37. The Bertz CT molecular complexity index is 508. The van der Waals surface area contributed by atoms with Crippen LogP contribution in [0, 0.1) is 0 Å². The summed E-state index contributed by atoms with van der Waals surface area (Å²) in [5.41, 5.74) is 2.52. The van der Waals surface area contributed by atoms with Crippen molar-refractivity contribution in [1.82, 2.24) is 4.98 Å². The lowest BCUT2D eigenvalue weighted by Crippen LogP contribution is -1.96. The van der Waals surface area contributed by atoms with Crippen LogP contribution in [-0.2, 0) is 6.61 Å². The normalized spacial score (nSPS) is 10.7. The Morgan fingerprint density at radius 1 is 1.17 bits per heavy atom. The molecule has 0 aliphatic carbocycles. The van der Waals surface area contributed by atoms with Crippen LogP contribution in [0.2, 0.25) is 0 Å². The highest BCUT2D eigenvalue weighted by Gasteiger charge is 2.00. The first kappa shape index (κ1) is 13.1. The second-order valence-corrected chi connectivity index (χ2v) is 5.44. The molecule has 1 aromatic heterocycles. The fourth-order valence-electron chi connectivity index (χ4n) is 1.64. The second kappa shape index (κ2) is 6.01. The van der Waals surface area contributed by atoms with Crippen LogP contribution in [0.15, 0.2) is 47.2 Å². The molecule has 0 unspecified atom stereocenters. The molecule has 2 nitrogen and oxygen atoms in total. The van der Waals surface area contributed by atoms with Crippen LogP contribution >= 0.6 is 15.9 Å². The number of nitrogens with zero attached hydrogens (tertiary/aromatic N) is 1.